The molecule has 1 aliphatic heterocycles. The molecule has 30 heavy (non-hydrogen) atoms. The monoisotopic (exact) mass is 424 g/mol. The lowest BCUT2D eigenvalue weighted by molar-refractivity contribution is -0.131. The molecule has 0 bridgehead atoms. The van der Waals surface area contributed by atoms with Crippen LogP contribution in [0.25, 0.3) is 11.0 Å². The number of imidazole rings is 1. The normalized spacial score (nSPS) is 14.5. The molecule has 156 valence electrons. The Hall–Kier alpha value is -2.86. The lowest BCUT2D eigenvalue weighted by atomic mass is 10.2. The number of fused-ring (bicyclic) bond motifs is 1. The third-order valence-corrected chi connectivity index (χ3v) is 5.75. The lowest BCUT2D eigenvalue weighted by Crippen LogP contribution is -2.35. The highest BCUT2D eigenvalue weighted by atomic mass is 35.5. The van der Waals surface area contributed by atoms with Gasteiger partial charge in [0.15, 0.2) is 0 Å². The molecule has 1 N–H and O–H groups in total. The van der Waals surface area contributed by atoms with Crippen LogP contribution in [-0.2, 0) is 17.9 Å². The second-order valence-corrected chi connectivity index (χ2v) is 8.02. The summed E-state index contributed by atoms with van der Waals surface area (Å²) in [6.45, 7) is 2.10. The minimum Gasteiger partial charge on any atom is -0.345 e. The molecule has 4 rings (SSSR count). The quantitative estimate of drug-likeness (QED) is 0.672. The molecular formula is C23H25ClN4O2. The van der Waals surface area contributed by atoms with Crippen molar-refractivity contribution in [2.75, 3.05) is 13.1 Å². The Labute approximate surface area is 180 Å². The maximum absolute atomic E-state index is 13.0. The van der Waals surface area contributed by atoms with Crippen molar-refractivity contribution in [1.29, 1.82) is 0 Å². The molecule has 1 aliphatic rings. The topological polar surface area (TPSA) is 67.2 Å². The van der Waals surface area contributed by atoms with Gasteiger partial charge in [-0.3, -0.25) is 9.59 Å². The molecule has 2 heterocycles. The van der Waals surface area contributed by atoms with Crippen molar-refractivity contribution in [2.45, 2.75) is 38.8 Å². The number of benzene rings is 2. The number of aromatic nitrogens is 2. The Morgan fingerprint density at radius 3 is 2.40 bits per heavy atom. The van der Waals surface area contributed by atoms with E-state index in [2.05, 4.69) is 10.3 Å². The van der Waals surface area contributed by atoms with Crippen molar-refractivity contribution >= 4 is 34.4 Å². The van der Waals surface area contributed by atoms with Crippen LogP contribution in [0, 0.1) is 0 Å². The fourth-order valence-corrected chi connectivity index (χ4v) is 3.98. The van der Waals surface area contributed by atoms with E-state index in [1.165, 1.54) is 12.8 Å². The molecule has 3 aromatic rings. The lowest BCUT2D eigenvalue weighted by Gasteiger charge is -2.21. The molecule has 0 radical (unpaired) electrons. The first-order valence-corrected chi connectivity index (χ1v) is 10.8. The van der Waals surface area contributed by atoms with Crippen LogP contribution in [-0.4, -0.2) is 39.4 Å². The van der Waals surface area contributed by atoms with Crippen LogP contribution >= 0.6 is 11.6 Å². The Morgan fingerprint density at radius 1 is 0.967 bits per heavy atom. The van der Waals surface area contributed by atoms with Gasteiger partial charge in [-0.15, -0.1) is 0 Å². The molecule has 2 aromatic carbocycles. The summed E-state index contributed by atoms with van der Waals surface area (Å²) in [6.07, 6.45) is 4.47. The second kappa shape index (κ2) is 9.30. The van der Waals surface area contributed by atoms with Gasteiger partial charge in [0, 0.05) is 23.7 Å². The van der Waals surface area contributed by atoms with Gasteiger partial charge in [0.2, 0.25) is 5.91 Å². The highest BCUT2D eigenvalue weighted by Gasteiger charge is 2.19. The number of nitrogens with one attached hydrogen (secondary N) is 1. The molecule has 1 fully saturated rings. The highest BCUT2D eigenvalue weighted by molar-refractivity contribution is 6.30. The summed E-state index contributed by atoms with van der Waals surface area (Å²) in [7, 11) is 0. The van der Waals surface area contributed by atoms with Crippen LogP contribution in [0.3, 0.4) is 0 Å². The zero-order valence-electron chi connectivity index (χ0n) is 16.8. The van der Waals surface area contributed by atoms with Crippen LogP contribution < -0.4 is 5.32 Å². The summed E-state index contributed by atoms with van der Waals surface area (Å²) in [5.74, 6) is 0.566. The van der Waals surface area contributed by atoms with E-state index in [0.29, 0.717) is 16.4 Å². The molecular weight excluding hydrogens is 400 g/mol. The minimum atomic E-state index is -0.205. The van der Waals surface area contributed by atoms with Gasteiger partial charge < -0.3 is 14.8 Å². The van der Waals surface area contributed by atoms with Crippen molar-refractivity contribution in [3.8, 4) is 0 Å². The summed E-state index contributed by atoms with van der Waals surface area (Å²) < 4.78 is 1.92. The van der Waals surface area contributed by atoms with E-state index in [9.17, 15) is 9.59 Å². The smallest absolute Gasteiger partial charge is 0.251 e. The molecule has 7 heteroatoms. The number of carbonyl (C=O) groups excluding carboxylic acids is 2. The van der Waals surface area contributed by atoms with Crippen molar-refractivity contribution in [3.63, 3.8) is 0 Å². The predicted octanol–water partition coefficient (Wildman–Crippen LogP) is 4.02. The average molecular weight is 425 g/mol. The maximum atomic E-state index is 13.0. The zero-order valence-corrected chi connectivity index (χ0v) is 17.6. The van der Waals surface area contributed by atoms with Crippen molar-refractivity contribution < 1.29 is 9.59 Å². The van der Waals surface area contributed by atoms with Crippen LogP contribution in [0.1, 0.15) is 41.9 Å². The van der Waals surface area contributed by atoms with Crippen LogP contribution in [0.5, 0.6) is 0 Å². The van der Waals surface area contributed by atoms with Gasteiger partial charge in [0.1, 0.15) is 12.4 Å². The SMILES string of the molecule is O=C(NCc1nc2ccccc2n1CC(=O)N1CCCCCC1)c1ccc(Cl)cc1. The molecule has 0 aliphatic carbocycles. The molecule has 1 saturated heterocycles. The number of carbonyl (C=O) groups is 2. The van der Waals surface area contributed by atoms with E-state index in [0.717, 1.165) is 37.0 Å². The number of nitrogens with zero attached hydrogens (tertiary/aromatic N) is 3. The summed E-state index contributed by atoms with van der Waals surface area (Å²) in [6, 6.07) is 14.5. The summed E-state index contributed by atoms with van der Waals surface area (Å²) in [4.78, 5) is 32.1. The molecule has 2 amide bonds. The first-order chi connectivity index (χ1) is 14.6. The fraction of sp³-hybridized carbons (Fsp3) is 0.348. The molecule has 0 unspecified atom stereocenters. The van der Waals surface area contributed by atoms with Gasteiger partial charge >= 0.3 is 0 Å². The number of para-hydroxylation sites is 2. The molecule has 0 saturated carbocycles. The van der Waals surface area contributed by atoms with Gasteiger partial charge in [0.05, 0.1) is 17.6 Å². The van der Waals surface area contributed by atoms with Gasteiger partial charge in [0.25, 0.3) is 5.91 Å². The van der Waals surface area contributed by atoms with E-state index in [1.807, 2.05) is 33.7 Å². The predicted molar refractivity (Wildman–Crippen MR) is 117 cm³/mol. The number of rotatable bonds is 5. The van der Waals surface area contributed by atoms with Crippen LogP contribution in [0.15, 0.2) is 48.5 Å². The van der Waals surface area contributed by atoms with Gasteiger partial charge in [-0.25, -0.2) is 4.98 Å². The minimum absolute atomic E-state index is 0.102. The van der Waals surface area contributed by atoms with E-state index in [1.54, 1.807) is 24.3 Å². The van der Waals surface area contributed by atoms with Crippen molar-refractivity contribution in [3.05, 3.63) is 64.9 Å². The molecule has 0 atom stereocenters. The number of hydrogen-bond donors (Lipinski definition) is 1. The summed E-state index contributed by atoms with van der Waals surface area (Å²) >= 11 is 5.90. The van der Waals surface area contributed by atoms with E-state index < -0.39 is 0 Å². The van der Waals surface area contributed by atoms with Crippen LogP contribution in [0.2, 0.25) is 5.02 Å². The third kappa shape index (κ3) is 4.65. The number of likely N-dealkylation sites (tertiary alicyclic amines) is 1. The third-order valence-electron chi connectivity index (χ3n) is 5.50. The fourth-order valence-electron chi connectivity index (χ4n) is 3.85. The largest absolute Gasteiger partial charge is 0.345 e. The van der Waals surface area contributed by atoms with Gasteiger partial charge in [-0.05, 0) is 49.2 Å². The highest BCUT2D eigenvalue weighted by Crippen LogP contribution is 2.18. The zero-order chi connectivity index (χ0) is 20.9. The first kappa shape index (κ1) is 20.4. The Bertz CT molecular complexity index is 1040. The average Bonchev–Trinajstić information content (AvgIpc) is 2.92. The van der Waals surface area contributed by atoms with E-state index >= 15 is 0 Å². The molecule has 6 nitrogen and oxygen atoms in total. The number of hydrogen-bond acceptors (Lipinski definition) is 3. The maximum Gasteiger partial charge on any atom is 0.251 e. The van der Waals surface area contributed by atoms with Crippen molar-refractivity contribution in [2.24, 2.45) is 0 Å². The Morgan fingerprint density at radius 2 is 1.67 bits per heavy atom. The van der Waals surface area contributed by atoms with Crippen molar-refractivity contribution in [1.82, 2.24) is 19.8 Å². The van der Waals surface area contributed by atoms with E-state index in [4.69, 9.17) is 11.6 Å². The Kier molecular flexibility index (Phi) is 6.33. The van der Waals surface area contributed by atoms with E-state index in [-0.39, 0.29) is 24.9 Å². The second-order valence-electron chi connectivity index (χ2n) is 7.59. The van der Waals surface area contributed by atoms with Gasteiger partial charge in [-0.2, -0.15) is 0 Å². The molecule has 1 aromatic heterocycles. The van der Waals surface area contributed by atoms with Crippen LogP contribution in [0.4, 0.5) is 0 Å². The Balaban J connectivity index is 1.53. The number of amides is 2. The first-order valence-electron chi connectivity index (χ1n) is 10.4. The standard InChI is InChI=1S/C23H25ClN4O2/c24-18-11-9-17(10-12-18)23(30)25-15-21-26-19-7-3-4-8-20(19)28(21)16-22(29)27-13-5-1-2-6-14-27/h3-4,7-12H,1-2,5-6,13-16H2,(H,25,30). The molecule has 0 spiro atoms. The summed E-state index contributed by atoms with van der Waals surface area (Å²) in [5, 5.41) is 3.49. The summed E-state index contributed by atoms with van der Waals surface area (Å²) in [5.41, 5.74) is 2.25. The van der Waals surface area contributed by atoms with Gasteiger partial charge in [-0.1, -0.05) is 36.6 Å². The number of halogens is 1.